The molecule has 0 unspecified atom stereocenters. The van der Waals surface area contributed by atoms with Gasteiger partial charge in [0.2, 0.25) is 10.0 Å². The third-order valence-corrected chi connectivity index (χ3v) is 5.36. The average Bonchev–Trinajstić information content (AvgIpc) is 2.70. The van der Waals surface area contributed by atoms with E-state index in [4.69, 9.17) is 14.3 Å². The van der Waals surface area contributed by atoms with Crippen molar-refractivity contribution in [2.45, 2.75) is 31.2 Å². The SMILES string of the molecule is CCCc1cc(=O)oc2cc(OCC(=O)NCc3ccc(S(N)(=O)=O)cc3)ccc12. The summed E-state index contributed by atoms with van der Waals surface area (Å²) >= 11 is 0. The van der Waals surface area contributed by atoms with Crippen LogP contribution in [0.1, 0.15) is 24.5 Å². The van der Waals surface area contributed by atoms with Crippen molar-refractivity contribution in [1.82, 2.24) is 5.32 Å². The van der Waals surface area contributed by atoms with Crippen LogP contribution in [0.3, 0.4) is 0 Å². The second-order valence-corrected chi connectivity index (χ2v) is 8.31. The quantitative estimate of drug-likeness (QED) is 0.527. The van der Waals surface area contributed by atoms with Crippen molar-refractivity contribution in [3.63, 3.8) is 0 Å². The minimum absolute atomic E-state index is 0.00552. The average molecular weight is 430 g/mol. The highest BCUT2D eigenvalue weighted by Gasteiger charge is 2.09. The van der Waals surface area contributed by atoms with Crippen LogP contribution in [0, 0.1) is 0 Å². The maximum atomic E-state index is 12.0. The molecule has 0 spiro atoms. The summed E-state index contributed by atoms with van der Waals surface area (Å²) in [6.45, 7) is 2.02. The zero-order valence-corrected chi connectivity index (χ0v) is 17.2. The van der Waals surface area contributed by atoms with Crippen molar-refractivity contribution < 1.29 is 22.4 Å². The lowest BCUT2D eigenvalue weighted by Gasteiger charge is -2.09. The van der Waals surface area contributed by atoms with Crippen molar-refractivity contribution in [3.05, 3.63) is 70.1 Å². The monoisotopic (exact) mass is 430 g/mol. The second-order valence-electron chi connectivity index (χ2n) is 6.75. The van der Waals surface area contributed by atoms with Gasteiger partial charge >= 0.3 is 5.63 Å². The first kappa shape index (κ1) is 21.5. The van der Waals surface area contributed by atoms with E-state index in [0.717, 1.165) is 23.8 Å². The van der Waals surface area contributed by atoms with Gasteiger partial charge in [-0.05, 0) is 41.8 Å². The number of rotatable bonds is 8. The van der Waals surface area contributed by atoms with Crippen LogP contribution in [0.15, 0.2) is 62.6 Å². The summed E-state index contributed by atoms with van der Waals surface area (Å²) in [4.78, 5) is 23.8. The zero-order chi connectivity index (χ0) is 21.7. The van der Waals surface area contributed by atoms with Crippen molar-refractivity contribution in [3.8, 4) is 5.75 Å². The van der Waals surface area contributed by atoms with E-state index in [1.54, 1.807) is 24.3 Å². The third-order valence-electron chi connectivity index (χ3n) is 4.43. The van der Waals surface area contributed by atoms with Gasteiger partial charge in [-0.15, -0.1) is 0 Å². The normalized spacial score (nSPS) is 11.4. The molecule has 0 fully saturated rings. The number of aryl methyl sites for hydroxylation is 1. The van der Waals surface area contributed by atoms with E-state index >= 15 is 0 Å². The Kier molecular flexibility index (Phi) is 6.53. The van der Waals surface area contributed by atoms with E-state index in [-0.39, 0.29) is 24.0 Å². The second kappa shape index (κ2) is 9.10. The van der Waals surface area contributed by atoms with E-state index in [9.17, 15) is 18.0 Å². The first-order chi connectivity index (χ1) is 14.3. The molecule has 0 atom stereocenters. The van der Waals surface area contributed by atoms with E-state index in [1.807, 2.05) is 13.0 Å². The number of ether oxygens (including phenoxy) is 1. The Morgan fingerprint density at radius 3 is 2.53 bits per heavy atom. The fourth-order valence-electron chi connectivity index (χ4n) is 2.97. The van der Waals surface area contributed by atoms with E-state index < -0.39 is 15.6 Å². The number of primary sulfonamides is 1. The van der Waals surface area contributed by atoms with Crippen LogP contribution in [-0.2, 0) is 27.8 Å². The lowest BCUT2D eigenvalue weighted by Crippen LogP contribution is -2.28. The fourth-order valence-corrected chi connectivity index (χ4v) is 3.49. The predicted octanol–water partition coefficient (Wildman–Crippen LogP) is 2.09. The lowest BCUT2D eigenvalue weighted by molar-refractivity contribution is -0.123. The van der Waals surface area contributed by atoms with Gasteiger partial charge in [0, 0.05) is 24.1 Å². The van der Waals surface area contributed by atoms with Crippen LogP contribution in [0.25, 0.3) is 11.0 Å². The molecule has 3 N–H and O–H groups in total. The molecule has 1 amide bonds. The molecule has 0 aliphatic heterocycles. The van der Waals surface area contributed by atoms with Crippen molar-refractivity contribution in [1.29, 1.82) is 0 Å². The fraction of sp³-hybridized carbons (Fsp3) is 0.238. The summed E-state index contributed by atoms with van der Waals surface area (Å²) < 4.78 is 33.2. The number of fused-ring (bicyclic) bond motifs is 1. The van der Waals surface area contributed by atoms with Gasteiger partial charge in [-0.3, -0.25) is 4.79 Å². The zero-order valence-electron chi connectivity index (χ0n) is 16.4. The molecule has 0 bridgehead atoms. The Morgan fingerprint density at radius 2 is 1.87 bits per heavy atom. The summed E-state index contributed by atoms with van der Waals surface area (Å²) in [5.74, 6) is 0.0544. The number of sulfonamides is 1. The molecular weight excluding hydrogens is 408 g/mol. The molecule has 30 heavy (non-hydrogen) atoms. The standard InChI is InChI=1S/C21H22N2O6S/c1-2-3-15-10-21(25)29-19-11-16(6-9-18(15)19)28-13-20(24)23-12-14-4-7-17(8-5-14)30(22,26)27/h4-11H,2-3,12-13H2,1H3,(H,23,24)(H2,22,26,27). The molecule has 8 nitrogen and oxygen atoms in total. The number of carbonyl (C=O) groups is 1. The molecule has 2 aromatic carbocycles. The van der Waals surface area contributed by atoms with Crippen LogP contribution in [0.4, 0.5) is 0 Å². The number of amides is 1. The van der Waals surface area contributed by atoms with Crippen LogP contribution in [-0.4, -0.2) is 20.9 Å². The Balaban J connectivity index is 1.59. The van der Waals surface area contributed by atoms with Gasteiger partial charge in [0.1, 0.15) is 11.3 Å². The van der Waals surface area contributed by atoms with E-state index in [1.165, 1.54) is 18.2 Å². The lowest BCUT2D eigenvalue weighted by atomic mass is 10.1. The van der Waals surface area contributed by atoms with E-state index in [2.05, 4.69) is 5.32 Å². The topological polar surface area (TPSA) is 129 Å². The smallest absolute Gasteiger partial charge is 0.336 e. The Hall–Kier alpha value is -3.17. The Labute approximate surface area is 173 Å². The largest absolute Gasteiger partial charge is 0.484 e. The number of nitrogens with one attached hydrogen (secondary N) is 1. The van der Waals surface area contributed by atoms with Gasteiger partial charge in [0.15, 0.2) is 6.61 Å². The molecule has 9 heteroatoms. The Bertz CT molecular complexity index is 1220. The maximum Gasteiger partial charge on any atom is 0.336 e. The third kappa shape index (κ3) is 5.46. The van der Waals surface area contributed by atoms with Gasteiger partial charge in [-0.1, -0.05) is 25.5 Å². The summed E-state index contributed by atoms with van der Waals surface area (Å²) in [6.07, 6.45) is 1.67. The highest BCUT2D eigenvalue weighted by molar-refractivity contribution is 7.89. The van der Waals surface area contributed by atoms with Crippen LogP contribution >= 0.6 is 0 Å². The van der Waals surface area contributed by atoms with Gasteiger partial charge in [-0.2, -0.15) is 0 Å². The van der Waals surface area contributed by atoms with Gasteiger partial charge in [-0.25, -0.2) is 18.4 Å². The van der Waals surface area contributed by atoms with Crippen molar-refractivity contribution >= 4 is 26.9 Å². The molecule has 0 radical (unpaired) electrons. The number of hydrogen-bond acceptors (Lipinski definition) is 6. The van der Waals surface area contributed by atoms with Gasteiger partial charge in [0.25, 0.3) is 5.91 Å². The summed E-state index contributed by atoms with van der Waals surface area (Å²) in [6, 6.07) is 12.5. The van der Waals surface area contributed by atoms with Crippen molar-refractivity contribution in [2.24, 2.45) is 5.14 Å². The highest BCUT2D eigenvalue weighted by Crippen LogP contribution is 2.23. The van der Waals surface area contributed by atoms with Gasteiger partial charge in [0.05, 0.1) is 4.90 Å². The van der Waals surface area contributed by atoms with Crippen LogP contribution in [0.2, 0.25) is 0 Å². The first-order valence-corrected chi connectivity index (χ1v) is 10.9. The molecule has 3 aromatic rings. The number of benzene rings is 2. The van der Waals surface area contributed by atoms with Gasteiger partial charge < -0.3 is 14.5 Å². The minimum Gasteiger partial charge on any atom is -0.484 e. The molecule has 0 saturated heterocycles. The Morgan fingerprint density at radius 1 is 1.13 bits per heavy atom. The van der Waals surface area contributed by atoms with Crippen molar-refractivity contribution in [2.75, 3.05) is 6.61 Å². The number of hydrogen-bond donors (Lipinski definition) is 2. The molecule has 0 saturated carbocycles. The number of nitrogens with two attached hydrogens (primary N) is 1. The minimum atomic E-state index is -3.75. The first-order valence-electron chi connectivity index (χ1n) is 9.34. The molecule has 3 rings (SSSR count). The number of carbonyl (C=O) groups excluding carboxylic acids is 1. The van der Waals surface area contributed by atoms with E-state index in [0.29, 0.717) is 16.9 Å². The molecule has 1 heterocycles. The molecule has 1 aromatic heterocycles. The highest BCUT2D eigenvalue weighted by atomic mass is 32.2. The van der Waals surface area contributed by atoms with Crippen LogP contribution in [0.5, 0.6) is 5.75 Å². The predicted molar refractivity (Wildman–Crippen MR) is 112 cm³/mol. The van der Waals surface area contributed by atoms with Crippen LogP contribution < -0.4 is 20.8 Å². The molecule has 158 valence electrons. The maximum absolute atomic E-state index is 12.0. The molecule has 0 aliphatic carbocycles. The molecular formula is C21H22N2O6S. The molecule has 0 aliphatic rings. The summed E-state index contributed by atoms with van der Waals surface area (Å²) in [7, 11) is -3.75. The summed E-state index contributed by atoms with van der Waals surface area (Å²) in [5, 5.41) is 8.58. The summed E-state index contributed by atoms with van der Waals surface area (Å²) in [5.41, 5.74) is 1.63.